The number of ether oxygens (including phenoxy) is 2. The Morgan fingerprint density at radius 1 is 1.42 bits per heavy atom. The SMILES string of the molecule is CCOC1CC(NC(C(=O)OC)C(C)C)C12CCC2. The standard InChI is InChI=1S/C15H27NO3/c1-5-19-12-9-11(15(12)7-6-8-15)16-13(10(2)3)14(17)18-4/h10-13,16H,5-9H2,1-4H3. The van der Waals surface area contributed by atoms with E-state index in [0.29, 0.717) is 12.1 Å². The summed E-state index contributed by atoms with van der Waals surface area (Å²) in [6.45, 7) is 6.95. The lowest BCUT2D eigenvalue weighted by atomic mass is 9.51. The second kappa shape index (κ2) is 5.80. The number of methoxy groups -OCH3 is 1. The second-order valence-corrected chi connectivity index (χ2v) is 6.23. The largest absolute Gasteiger partial charge is 0.468 e. The summed E-state index contributed by atoms with van der Waals surface area (Å²) in [5.41, 5.74) is 0.289. The van der Waals surface area contributed by atoms with Crippen LogP contribution in [0, 0.1) is 11.3 Å². The minimum absolute atomic E-state index is 0.149. The van der Waals surface area contributed by atoms with E-state index in [1.807, 2.05) is 0 Å². The highest BCUT2D eigenvalue weighted by molar-refractivity contribution is 5.76. The van der Waals surface area contributed by atoms with Crippen molar-refractivity contribution in [1.82, 2.24) is 5.32 Å². The van der Waals surface area contributed by atoms with Gasteiger partial charge in [0.2, 0.25) is 0 Å². The molecule has 110 valence electrons. The van der Waals surface area contributed by atoms with Crippen LogP contribution < -0.4 is 5.32 Å². The van der Waals surface area contributed by atoms with Crippen LogP contribution in [-0.4, -0.2) is 37.9 Å². The first-order valence-electron chi connectivity index (χ1n) is 7.50. The second-order valence-electron chi connectivity index (χ2n) is 6.23. The van der Waals surface area contributed by atoms with Gasteiger partial charge in [0.05, 0.1) is 13.2 Å². The Hall–Kier alpha value is -0.610. The van der Waals surface area contributed by atoms with Crippen molar-refractivity contribution in [3.63, 3.8) is 0 Å². The van der Waals surface area contributed by atoms with Crippen molar-refractivity contribution in [2.45, 2.75) is 64.6 Å². The van der Waals surface area contributed by atoms with Crippen LogP contribution in [0.4, 0.5) is 0 Å². The van der Waals surface area contributed by atoms with Gasteiger partial charge >= 0.3 is 5.97 Å². The number of hydrogen-bond donors (Lipinski definition) is 1. The Labute approximate surface area is 116 Å². The summed E-state index contributed by atoms with van der Waals surface area (Å²) in [5, 5.41) is 3.53. The molecule has 4 nitrogen and oxygen atoms in total. The molecular weight excluding hydrogens is 242 g/mol. The summed E-state index contributed by atoms with van der Waals surface area (Å²) >= 11 is 0. The quantitative estimate of drug-likeness (QED) is 0.750. The molecule has 3 atom stereocenters. The first-order valence-corrected chi connectivity index (χ1v) is 7.50. The van der Waals surface area contributed by atoms with Gasteiger partial charge in [-0.15, -0.1) is 0 Å². The molecule has 0 aromatic heterocycles. The van der Waals surface area contributed by atoms with Gasteiger partial charge in [-0.1, -0.05) is 20.3 Å². The number of hydrogen-bond acceptors (Lipinski definition) is 4. The predicted molar refractivity (Wildman–Crippen MR) is 73.9 cm³/mol. The smallest absolute Gasteiger partial charge is 0.323 e. The molecule has 1 spiro atoms. The molecule has 2 rings (SSSR count). The molecule has 2 saturated carbocycles. The molecule has 0 heterocycles. The molecular formula is C15H27NO3. The van der Waals surface area contributed by atoms with E-state index in [-0.39, 0.29) is 23.3 Å². The van der Waals surface area contributed by atoms with Crippen molar-refractivity contribution in [3.8, 4) is 0 Å². The number of carbonyl (C=O) groups is 1. The van der Waals surface area contributed by atoms with E-state index in [1.165, 1.54) is 26.4 Å². The molecule has 19 heavy (non-hydrogen) atoms. The van der Waals surface area contributed by atoms with Gasteiger partial charge < -0.3 is 14.8 Å². The first kappa shape index (κ1) is 14.8. The van der Waals surface area contributed by atoms with Crippen molar-refractivity contribution in [3.05, 3.63) is 0 Å². The fraction of sp³-hybridized carbons (Fsp3) is 0.933. The van der Waals surface area contributed by atoms with Crippen molar-refractivity contribution in [2.24, 2.45) is 11.3 Å². The van der Waals surface area contributed by atoms with Crippen molar-refractivity contribution in [1.29, 1.82) is 0 Å². The highest BCUT2D eigenvalue weighted by Crippen LogP contribution is 2.57. The van der Waals surface area contributed by atoms with Crippen LogP contribution in [0.15, 0.2) is 0 Å². The Morgan fingerprint density at radius 2 is 2.11 bits per heavy atom. The van der Waals surface area contributed by atoms with E-state index in [0.717, 1.165) is 13.0 Å². The Balaban J connectivity index is 1.97. The number of carbonyl (C=O) groups excluding carboxylic acids is 1. The van der Waals surface area contributed by atoms with Crippen LogP contribution in [0.3, 0.4) is 0 Å². The Kier molecular flexibility index (Phi) is 4.51. The summed E-state index contributed by atoms with van der Waals surface area (Å²) in [7, 11) is 1.46. The van der Waals surface area contributed by atoms with Crippen LogP contribution in [0.5, 0.6) is 0 Å². The highest BCUT2D eigenvalue weighted by Gasteiger charge is 2.59. The number of esters is 1. The van der Waals surface area contributed by atoms with Gasteiger partial charge in [-0.25, -0.2) is 0 Å². The molecule has 0 bridgehead atoms. The van der Waals surface area contributed by atoms with Crippen molar-refractivity contribution in [2.75, 3.05) is 13.7 Å². The minimum Gasteiger partial charge on any atom is -0.468 e. The average molecular weight is 269 g/mol. The molecule has 0 aromatic rings. The van der Waals surface area contributed by atoms with Crippen LogP contribution in [-0.2, 0) is 14.3 Å². The van der Waals surface area contributed by atoms with Gasteiger partial charge in [0.1, 0.15) is 6.04 Å². The molecule has 0 amide bonds. The lowest BCUT2D eigenvalue weighted by Gasteiger charge is -2.61. The van der Waals surface area contributed by atoms with Gasteiger partial charge in [-0.05, 0) is 32.1 Å². The molecule has 4 heteroatoms. The zero-order chi connectivity index (χ0) is 14.0. The van der Waals surface area contributed by atoms with Crippen molar-refractivity contribution >= 4 is 5.97 Å². The Morgan fingerprint density at radius 3 is 2.53 bits per heavy atom. The monoisotopic (exact) mass is 269 g/mol. The third-order valence-corrected chi connectivity index (χ3v) is 4.94. The van der Waals surface area contributed by atoms with E-state index in [1.54, 1.807) is 0 Å². The molecule has 0 saturated heterocycles. The van der Waals surface area contributed by atoms with E-state index < -0.39 is 0 Å². The predicted octanol–water partition coefficient (Wildman–Crippen LogP) is 2.12. The normalized spacial score (nSPS) is 29.7. The topological polar surface area (TPSA) is 47.6 Å². The molecule has 2 aliphatic carbocycles. The van der Waals surface area contributed by atoms with Crippen LogP contribution in [0.25, 0.3) is 0 Å². The van der Waals surface area contributed by atoms with E-state index in [2.05, 4.69) is 26.1 Å². The fourth-order valence-electron chi connectivity index (χ4n) is 3.55. The van der Waals surface area contributed by atoms with Gasteiger partial charge in [-0.3, -0.25) is 4.79 Å². The summed E-state index contributed by atoms with van der Waals surface area (Å²) in [6.07, 6.45) is 5.14. The van der Waals surface area contributed by atoms with Crippen molar-refractivity contribution < 1.29 is 14.3 Å². The Bertz CT molecular complexity index is 325. The molecule has 1 N–H and O–H groups in total. The molecule has 0 aromatic carbocycles. The number of nitrogens with one attached hydrogen (secondary N) is 1. The molecule has 0 aliphatic heterocycles. The summed E-state index contributed by atoms with van der Waals surface area (Å²) in [5.74, 6) is 0.0973. The third-order valence-electron chi connectivity index (χ3n) is 4.94. The summed E-state index contributed by atoms with van der Waals surface area (Å²) in [6, 6.07) is 0.208. The minimum atomic E-state index is -0.199. The zero-order valence-electron chi connectivity index (χ0n) is 12.6. The molecule has 3 unspecified atom stereocenters. The average Bonchev–Trinajstić information content (AvgIpc) is 2.29. The highest BCUT2D eigenvalue weighted by atomic mass is 16.5. The third kappa shape index (κ3) is 2.52. The van der Waals surface area contributed by atoms with Gasteiger partial charge in [-0.2, -0.15) is 0 Å². The van der Waals surface area contributed by atoms with E-state index in [9.17, 15) is 4.79 Å². The maximum absolute atomic E-state index is 11.8. The van der Waals surface area contributed by atoms with Gasteiger partial charge in [0.25, 0.3) is 0 Å². The molecule has 0 radical (unpaired) electrons. The van der Waals surface area contributed by atoms with Crippen LogP contribution in [0.1, 0.15) is 46.5 Å². The summed E-state index contributed by atoms with van der Waals surface area (Å²) < 4.78 is 10.7. The van der Waals surface area contributed by atoms with Crippen LogP contribution >= 0.6 is 0 Å². The number of rotatable bonds is 6. The molecule has 2 aliphatic rings. The summed E-state index contributed by atoms with van der Waals surface area (Å²) in [4.78, 5) is 11.8. The first-order chi connectivity index (χ1) is 9.05. The van der Waals surface area contributed by atoms with Gasteiger partial charge in [0.15, 0.2) is 0 Å². The van der Waals surface area contributed by atoms with E-state index >= 15 is 0 Å². The van der Waals surface area contributed by atoms with Gasteiger partial charge in [0, 0.05) is 18.1 Å². The lowest BCUT2D eigenvalue weighted by Crippen LogP contribution is -2.69. The maximum Gasteiger partial charge on any atom is 0.323 e. The lowest BCUT2D eigenvalue weighted by molar-refractivity contribution is -0.178. The van der Waals surface area contributed by atoms with E-state index in [4.69, 9.17) is 9.47 Å². The zero-order valence-corrected chi connectivity index (χ0v) is 12.6. The molecule has 2 fully saturated rings. The fourth-order valence-corrected chi connectivity index (χ4v) is 3.55. The maximum atomic E-state index is 11.8. The van der Waals surface area contributed by atoms with Crippen LogP contribution in [0.2, 0.25) is 0 Å².